The smallest absolute Gasteiger partial charge is 0.303 e. The van der Waals surface area contributed by atoms with Crippen molar-refractivity contribution >= 4 is 17.5 Å². The van der Waals surface area contributed by atoms with E-state index in [1.165, 1.54) is 6.92 Å². The zero-order chi connectivity index (χ0) is 22.9. The number of aliphatic hydroxyl groups excluding tert-OH is 2. The van der Waals surface area contributed by atoms with Crippen molar-refractivity contribution < 1.29 is 29.3 Å². The van der Waals surface area contributed by atoms with E-state index in [1.54, 1.807) is 0 Å². The van der Waals surface area contributed by atoms with Crippen LogP contribution in [0.2, 0.25) is 0 Å². The van der Waals surface area contributed by atoms with Gasteiger partial charge in [0.2, 0.25) is 5.78 Å². The first-order valence-electron chi connectivity index (χ1n) is 11.7. The molecular formula is C25H36O6. The number of esters is 1. The number of hydrogen-bond acceptors (Lipinski definition) is 6. The first-order valence-corrected chi connectivity index (χ1v) is 11.7. The largest absolute Gasteiger partial charge is 0.450 e. The second kappa shape index (κ2) is 7.24. The van der Waals surface area contributed by atoms with Gasteiger partial charge in [-0.1, -0.05) is 33.3 Å². The molecule has 0 bridgehead atoms. The van der Waals surface area contributed by atoms with Gasteiger partial charge in [0.25, 0.3) is 0 Å². The van der Waals surface area contributed by atoms with E-state index in [0.29, 0.717) is 19.3 Å². The Hall–Kier alpha value is -1.53. The van der Waals surface area contributed by atoms with Crippen LogP contribution < -0.4 is 0 Å². The third-order valence-electron chi connectivity index (χ3n) is 9.62. The lowest BCUT2D eigenvalue weighted by Gasteiger charge is -2.62. The first-order chi connectivity index (χ1) is 14.4. The topological polar surface area (TPSA) is 101 Å². The lowest BCUT2D eigenvalue weighted by Crippen LogP contribution is -2.64. The maximum Gasteiger partial charge on any atom is 0.303 e. The fraction of sp³-hybridized carbons (Fsp3) is 0.800. The lowest BCUT2D eigenvalue weighted by atomic mass is 9.44. The monoisotopic (exact) mass is 432 g/mol. The predicted molar refractivity (Wildman–Crippen MR) is 114 cm³/mol. The summed E-state index contributed by atoms with van der Waals surface area (Å²) in [6.45, 7) is 8.87. The number of carbonyl (C=O) groups excluding carboxylic acids is 3. The zero-order valence-corrected chi connectivity index (χ0v) is 19.3. The molecule has 6 heteroatoms. The number of rotatable bonds is 3. The Kier molecular flexibility index (Phi) is 5.29. The van der Waals surface area contributed by atoms with E-state index in [9.17, 15) is 24.6 Å². The first kappa shape index (κ1) is 22.7. The second-order valence-corrected chi connectivity index (χ2v) is 11.2. The highest BCUT2D eigenvalue weighted by Gasteiger charge is 2.73. The molecule has 0 spiro atoms. The van der Waals surface area contributed by atoms with Gasteiger partial charge in [-0.2, -0.15) is 0 Å². The highest BCUT2D eigenvalue weighted by atomic mass is 16.6. The van der Waals surface area contributed by atoms with Gasteiger partial charge >= 0.3 is 5.97 Å². The molecule has 172 valence electrons. The maximum absolute atomic E-state index is 13.1. The SMILES string of the molecule is CC(=O)O[C@]1(C(=O)CO)[C@@H](C)C[C@H]2[C@@H]3C[C@H](C)C4=CC(=O)CC[C@]4(C)[C@H]3[C@@H](O)C[C@@]21C. The Balaban J connectivity index is 1.83. The molecule has 0 aromatic carbocycles. The molecule has 0 aliphatic heterocycles. The van der Waals surface area contributed by atoms with Crippen LogP contribution in [0.4, 0.5) is 0 Å². The Labute approximate surface area is 184 Å². The highest BCUT2D eigenvalue weighted by Crippen LogP contribution is 2.70. The summed E-state index contributed by atoms with van der Waals surface area (Å²) in [5, 5.41) is 21.4. The van der Waals surface area contributed by atoms with Crippen LogP contribution in [0.15, 0.2) is 11.6 Å². The van der Waals surface area contributed by atoms with Crippen molar-refractivity contribution in [3.63, 3.8) is 0 Å². The second-order valence-electron chi connectivity index (χ2n) is 11.2. The molecule has 0 unspecified atom stereocenters. The molecule has 0 saturated heterocycles. The fourth-order valence-electron chi connectivity index (χ4n) is 8.65. The normalized spacial score (nSPS) is 48.9. The van der Waals surface area contributed by atoms with E-state index in [2.05, 4.69) is 13.8 Å². The van der Waals surface area contributed by atoms with Gasteiger partial charge in [0, 0.05) is 24.7 Å². The minimum absolute atomic E-state index is 0.00526. The molecule has 4 aliphatic carbocycles. The molecule has 2 N–H and O–H groups in total. The Morgan fingerprint density at radius 2 is 1.90 bits per heavy atom. The number of fused-ring (bicyclic) bond motifs is 5. The van der Waals surface area contributed by atoms with Crippen LogP contribution in [0.1, 0.15) is 66.7 Å². The van der Waals surface area contributed by atoms with E-state index >= 15 is 0 Å². The fourth-order valence-corrected chi connectivity index (χ4v) is 8.65. The summed E-state index contributed by atoms with van der Waals surface area (Å²) >= 11 is 0. The van der Waals surface area contributed by atoms with Crippen molar-refractivity contribution in [1.29, 1.82) is 0 Å². The van der Waals surface area contributed by atoms with Gasteiger partial charge in [-0.05, 0) is 60.8 Å². The summed E-state index contributed by atoms with van der Waals surface area (Å²) in [4.78, 5) is 37.4. The number of hydrogen-bond donors (Lipinski definition) is 2. The van der Waals surface area contributed by atoms with Gasteiger partial charge in [-0.15, -0.1) is 0 Å². The Morgan fingerprint density at radius 1 is 1.23 bits per heavy atom. The van der Waals surface area contributed by atoms with Gasteiger partial charge < -0.3 is 14.9 Å². The quantitative estimate of drug-likeness (QED) is 0.665. The Morgan fingerprint density at radius 3 is 2.52 bits per heavy atom. The number of carbonyl (C=O) groups is 3. The van der Waals surface area contributed by atoms with Crippen molar-refractivity contribution in [1.82, 2.24) is 0 Å². The maximum atomic E-state index is 13.1. The lowest BCUT2D eigenvalue weighted by molar-refractivity contribution is -0.207. The summed E-state index contributed by atoms with van der Waals surface area (Å²) in [6.07, 6.45) is 4.28. The molecule has 31 heavy (non-hydrogen) atoms. The minimum atomic E-state index is -1.42. The van der Waals surface area contributed by atoms with Crippen LogP contribution in [-0.2, 0) is 19.1 Å². The van der Waals surface area contributed by atoms with Crippen molar-refractivity contribution in [2.75, 3.05) is 6.61 Å². The van der Waals surface area contributed by atoms with Gasteiger partial charge in [0.15, 0.2) is 11.4 Å². The standard InChI is InChI=1S/C25H36O6/c1-13-8-17-19-9-14(2)25(21(30)12-26,31-15(3)27)24(19,5)11-20(29)22(17)23(4)7-6-16(28)10-18(13)23/h10,13-14,17,19-20,22,26,29H,6-9,11-12H2,1-5H3/t13-,14-,17-,19-,20-,22+,23-,24-,25-/m0/s1. The number of aliphatic hydroxyl groups is 2. The van der Waals surface area contributed by atoms with Crippen molar-refractivity contribution in [3.8, 4) is 0 Å². The highest BCUT2D eigenvalue weighted by molar-refractivity contribution is 5.92. The molecule has 3 saturated carbocycles. The molecule has 0 amide bonds. The van der Waals surface area contributed by atoms with Crippen LogP contribution in [0.25, 0.3) is 0 Å². The summed E-state index contributed by atoms with van der Waals surface area (Å²) in [6, 6.07) is 0. The molecule has 4 rings (SSSR count). The molecule has 4 aliphatic rings. The van der Waals surface area contributed by atoms with Gasteiger partial charge in [-0.3, -0.25) is 14.4 Å². The van der Waals surface area contributed by atoms with E-state index < -0.39 is 35.5 Å². The number of Topliss-reactive ketones (excluding diaryl/α,β-unsaturated/α-hetero) is 1. The van der Waals surface area contributed by atoms with Crippen LogP contribution in [0.3, 0.4) is 0 Å². The molecule has 9 atom stereocenters. The van der Waals surface area contributed by atoms with Gasteiger partial charge in [-0.25, -0.2) is 0 Å². The molecule has 0 aromatic rings. The molecule has 0 heterocycles. The van der Waals surface area contributed by atoms with Crippen molar-refractivity contribution in [2.24, 2.45) is 40.4 Å². The van der Waals surface area contributed by atoms with Crippen molar-refractivity contribution in [3.05, 3.63) is 11.6 Å². The Bertz CT molecular complexity index is 847. The van der Waals surface area contributed by atoms with Crippen LogP contribution in [0.5, 0.6) is 0 Å². The molecule has 3 fully saturated rings. The van der Waals surface area contributed by atoms with Gasteiger partial charge in [0.1, 0.15) is 6.61 Å². The number of allylic oxidation sites excluding steroid dienone is 1. The molecule has 0 radical (unpaired) electrons. The minimum Gasteiger partial charge on any atom is -0.450 e. The summed E-state index contributed by atoms with van der Waals surface area (Å²) in [5.41, 5.74) is -1.25. The third kappa shape index (κ3) is 2.86. The molecule has 6 nitrogen and oxygen atoms in total. The van der Waals surface area contributed by atoms with Crippen LogP contribution in [0, 0.1) is 40.4 Å². The summed E-state index contributed by atoms with van der Waals surface area (Å²) in [7, 11) is 0. The van der Waals surface area contributed by atoms with Crippen molar-refractivity contribution in [2.45, 2.75) is 78.4 Å². The molecule has 0 aromatic heterocycles. The third-order valence-corrected chi connectivity index (χ3v) is 9.62. The van der Waals surface area contributed by atoms with Crippen LogP contribution >= 0.6 is 0 Å². The van der Waals surface area contributed by atoms with E-state index in [0.717, 1.165) is 18.4 Å². The van der Waals surface area contributed by atoms with E-state index in [4.69, 9.17) is 4.74 Å². The molecular weight excluding hydrogens is 396 g/mol. The zero-order valence-electron chi connectivity index (χ0n) is 19.3. The number of ether oxygens (including phenoxy) is 1. The average molecular weight is 433 g/mol. The van der Waals surface area contributed by atoms with Gasteiger partial charge in [0.05, 0.1) is 6.10 Å². The number of ketones is 2. The predicted octanol–water partition coefficient (Wildman–Crippen LogP) is 2.84. The summed E-state index contributed by atoms with van der Waals surface area (Å²) in [5.74, 6) is -0.607. The van der Waals surface area contributed by atoms with E-state index in [1.807, 2.05) is 19.9 Å². The van der Waals surface area contributed by atoms with Crippen LogP contribution in [-0.4, -0.2) is 46.1 Å². The average Bonchev–Trinajstić information content (AvgIpc) is 2.90. The van der Waals surface area contributed by atoms with E-state index in [-0.39, 0.29) is 40.8 Å². The summed E-state index contributed by atoms with van der Waals surface area (Å²) < 4.78 is 5.82.